The van der Waals surface area contributed by atoms with Crippen molar-refractivity contribution in [3.8, 4) is 5.75 Å². The van der Waals surface area contributed by atoms with Gasteiger partial charge in [0.05, 0.1) is 0 Å². The molecule has 1 aromatic carbocycles. The number of nitrogens with zero attached hydrogens (tertiary/aromatic N) is 1. The van der Waals surface area contributed by atoms with Gasteiger partial charge in [0.15, 0.2) is 0 Å². The van der Waals surface area contributed by atoms with Gasteiger partial charge in [-0.2, -0.15) is 0 Å². The van der Waals surface area contributed by atoms with Crippen LogP contribution in [-0.2, 0) is 6.42 Å². The Balaban J connectivity index is 1.46. The van der Waals surface area contributed by atoms with Crippen LogP contribution < -0.4 is 10.1 Å². The van der Waals surface area contributed by atoms with Gasteiger partial charge in [0, 0.05) is 25.0 Å². The minimum absolute atomic E-state index is 0.332. The Bertz CT molecular complexity index is 429. The molecule has 1 aliphatic carbocycles. The van der Waals surface area contributed by atoms with E-state index in [1.54, 1.807) is 0 Å². The highest BCUT2D eigenvalue weighted by atomic mass is 16.5. The molecule has 21 heavy (non-hydrogen) atoms. The maximum absolute atomic E-state index is 6.07. The predicted octanol–water partition coefficient (Wildman–Crippen LogP) is 2.84. The Morgan fingerprint density at radius 3 is 2.67 bits per heavy atom. The van der Waals surface area contributed by atoms with Crippen molar-refractivity contribution in [1.29, 1.82) is 0 Å². The minimum atomic E-state index is 0.332. The molecule has 0 aromatic heterocycles. The van der Waals surface area contributed by atoms with Crippen LogP contribution in [0.3, 0.4) is 0 Å². The SMILES string of the molecule is CCNC1CCC(N(C)CC2Cc3ccccc3O2)CC1. The van der Waals surface area contributed by atoms with Crippen molar-refractivity contribution in [2.75, 3.05) is 20.1 Å². The van der Waals surface area contributed by atoms with Crippen molar-refractivity contribution in [3.05, 3.63) is 29.8 Å². The summed E-state index contributed by atoms with van der Waals surface area (Å²) in [5, 5.41) is 3.59. The fourth-order valence-corrected chi connectivity index (χ4v) is 3.84. The molecular formula is C18H28N2O. The maximum Gasteiger partial charge on any atom is 0.123 e. The summed E-state index contributed by atoms with van der Waals surface area (Å²) in [6.07, 6.45) is 6.65. The molecule has 1 unspecified atom stereocenters. The molecule has 3 rings (SSSR count). The van der Waals surface area contributed by atoms with E-state index in [4.69, 9.17) is 4.74 Å². The molecule has 1 saturated carbocycles. The van der Waals surface area contributed by atoms with E-state index in [9.17, 15) is 0 Å². The van der Waals surface area contributed by atoms with Gasteiger partial charge >= 0.3 is 0 Å². The summed E-state index contributed by atoms with van der Waals surface area (Å²) in [5.74, 6) is 1.09. The van der Waals surface area contributed by atoms with Gasteiger partial charge in [0.25, 0.3) is 0 Å². The molecule has 0 amide bonds. The van der Waals surface area contributed by atoms with Gasteiger partial charge in [-0.1, -0.05) is 25.1 Å². The van der Waals surface area contributed by atoms with E-state index < -0.39 is 0 Å². The molecule has 0 spiro atoms. The smallest absolute Gasteiger partial charge is 0.123 e. The molecule has 2 aliphatic rings. The van der Waals surface area contributed by atoms with Crippen LogP contribution in [0.2, 0.25) is 0 Å². The van der Waals surface area contributed by atoms with Gasteiger partial charge in [-0.15, -0.1) is 0 Å². The molecule has 1 aliphatic heterocycles. The van der Waals surface area contributed by atoms with Crippen molar-refractivity contribution in [1.82, 2.24) is 10.2 Å². The number of rotatable bonds is 5. The fraction of sp³-hybridized carbons (Fsp3) is 0.667. The van der Waals surface area contributed by atoms with E-state index in [1.807, 2.05) is 0 Å². The highest BCUT2D eigenvalue weighted by Crippen LogP contribution is 2.29. The largest absolute Gasteiger partial charge is 0.488 e. The van der Waals surface area contributed by atoms with Crippen LogP contribution in [0.5, 0.6) is 5.75 Å². The third kappa shape index (κ3) is 3.58. The Morgan fingerprint density at radius 2 is 1.95 bits per heavy atom. The lowest BCUT2D eigenvalue weighted by Gasteiger charge is -2.35. The summed E-state index contributed by atoms with van der Waals surface area (Å²) >= 11 is 0. The van der Waals surface area contributed by atoms with E-state index in [0.717, 1.165) is 37.3 Å². The second-order valence-electron chi connectivity index (χ2n) is 6.55. The normalized spacial score (nSPS) is 28.4. The molecule has 3 nitrogen and oxygen atoms in total. The predicted molar refractivity (Wildman–Crippen MR) is 86.9 cm³/mol. The van der Waals surface area contributed by atoms with Crippen molar-refractivity contribution >= 4 is 0 Å². The molecule has 1 aromatic rings. The first-order valence-electron chi connectivity index (χ1n) is 8.44. The zero-order valence-corrected chi connectivity index (χ0v) is 13.3. The number of fused-ring (bicyclic) bond motifs is 1. The van der Waals surface area contributed by atoms with Crippen LogP contribution in [0.15, 0.2) is 24.3 Å². The van der Waals surface area contributed by atoms with Crippen LogP contribution in [0.4, 0.5) is 0 Å². The van der Waals surface area contributed by atoms with E-state index in [-0.39, 0.29) is 0 Å². The molecular weight excluding hydrogens is 260 g/mol. The average molecular weight is 288 g/mol. The maximum atomic E-state index is 6.07. The molecule has 1 N–H and O–H groups in total. The second-order valence-corrected chi connectivity index (χ2v) is 6.55. The zero-order valence-electron chi connectivity index (χ0n) is 13.3. The monoisotopic (exact) mass is 288 g/mol. The van der Waals surface area contributed by atoms with E-state index >= 15 is 0 Å². The summed E-state index contributed by atoms with van der Waals surface area (Å²) in [6, 6.07) is 9.93. The molecule has 1 atom stereocenters. The number of ether oxygens (including phenoxy) is 1. The summed E-state index contributed by atoms with van der Waals surface area (Å²) < 4.78 is 6.07. The average Bonchev–Trinajstić information content (AvgIpc) is 2.90. The van der Waals surface area contributed by atoms with Gasteiger partial charge in [-0.3, -0.25) is 4.90 Å². The molecule has 1 fully saturated rings. The lowest BCUT2D eigenvalue weighted by molar-refractivity contribution is 0.114. The number of hydrogen-bond acceptors (Lipinski definition) is 3. The van der Waals surface area contributed by atoms with Crippen LogP contribution in [-0.4, -0.2) is 43.2 Å². The van der Waals surface area contributed by atoms with Gasteiger partial charge in [0.2, 0.25) is 0 Å². The van der Waals surface area contributed by atoms with Crippen LogP contribution in [0.25, 0.3) is 0 Å². The van der Waals surface area contributed by atoms with Gasteiger partial charge in [-0.05, 0) is 50.9 Å². The summed E-state index contributed by atoms with van der Waals surface area (Å²) in [4.78, 5) is 2.53. The Morgan fingerprint density at radius 1 is 1.19 bits per heavy atom. The van der Waals surface area contributed by atoms with Crippen LogP contribution in [0.1, 0.15) is 38.2 Å². The van der Waals surface area contributed by atoms with Gasteiger partial charge in [-0.25, -0.2) is 0 Å². The lowest BCUT2D eigenvalue weighted by Crippen LogP contribution is -2.44. The first-order chi connectivity index (χ1) is 10.3. The Labute approximate surface area is 128 Å². The third-order valence-electron chi connectivity index (χ3n) is 5.02. The van der Waals surface area contributed by atoms with Crippen molar-refractivity contribution in [3.63, 3.8) is 0 Å². The lowest BCUT2D eigenvalue weighted by atomic mass is 9.90. The molecule has 3 heteroatoms. The zero-order chi connectivity index (χ0) is 14.7. The number of nitrogens with one attached hydrogen (secondary N) is 1. The van der Waals surface area contributed by atoms with Crippen molar-refractivity contribution in [2.24, 2.45) is 0 Å². The molecule has 0 radical (unpaired) electrons. The van der Waals surface area contributed by atoms with Crippen molar-refractivity contribution in [2.45, 2.75) is 57.2 Å². The molecule has 116 valence electrons. The first-order valence-corrected chi connectivity index (χ1v) is 8.44. The topological polar surface area (TPSA) is 24.5 Å². The van der Waals surface area contributed by atoms with Gasteiger partial charge < -0.3 is 10.1 Å². The van der Waals surface area contributed by atoms with E-state index in [1.165, 1.54) is 31.2 Å². The van der Waals surface area contributed by atoms with Crippen molar-refractivity contribution < 1.29 is 4.74 Å². The Hall–Kier alpha value is -1.06. The van der Waals surface area contributed by atoms with E-state index in [2.05, 4.69) is 48.5 Å². The minimum Gasteiger partial charge on any atom is -0.488 e. The summed E-state index contributed by atoms with van der Waals surface area (Å²) in [6.45, 7) is 4.35. The molecule has 0 bridgehead atoms. The summed E-state index contributed by atoms with van der Waals surface area (Å²) in [7, 11) is 2.27. The van der Waals surface area contributed by atoms with Crippen LogP contribution >= 0.6 is 0 Å². The highest BCUT2D eigenvalue weighted by Gasteiger charge is 2.28. The van der Waals surface area contributed by atoms with E-state index in [0.29, 0.717) is 6.10 Å². The third-order valence-corrected chi connectivity index (χ3v) is 5.02. The number of para-hydroxylation sites is 1. The quantitative estimate of drug-likeness (QED) is 0.901. The second kappa shape index (κ2) is 6.80. The fourth-order valence-electron chi connectivity index (χ4n) is 3.84. The molecule has 0 saturated heterocycles. The number of likely N-dealkylation sites (N-methyl/N-ethyl adjacent to an activating group) is 1. The highest BCUT2D eigenvalue weighted by molar-refractivity contribution is 5.37. The first kappa shape index (κ1) is 14.9. The molecule has 1 heterocycles. The Kier molecular flexibility index (Phi) is 4.81. The standard InChI is InChI=1S/C18H28N2O/c1-3-19-15-8-10-16(11-9-15)20(2)13-17-12-14-6-4-5-7-18(14)21-17/h4-7,15-17,19H,3,8-13H2,1-2H3. The number of hydrogen-bond donors (Lipinski definition) is 1. The summed E-state index contributed by atoms with van der Waals surface area (Å²) in [5.41, 5.74) is 1.37. The van der Waals surface area contributed by atoms with Gasteiger partial charge in [0.1, 0.15) is 11.9 Å². The number of benzene rings is 1. The van der Waals surface area contributed by atoms with Crippen LogP contribution in [0, 0.1) is 0 Å².